The predicted molar refractivity (Wildman–Crippen MR) is 123 cm³/mol. The summed E-state index contributed by atoms with van der Waals surface area (Å²) in [7, 11) is 0. The van der Waals surface area contributed by atoms with E-state index < -0.39 is 0 Å². The van der Waals surface area contributed by atoms with Crippen molar-refractivity contribution in [3.8, 4) is 22.9 Å². The van der Waals surface area contributed by atoms with Crippen molar-refractivity contribution >= 4 is 30.1 Å². The summed E-state index contributed by atoms with van der Waals surface area (Å²) in [6.45, 7) is 9.35. The average molecular weight is 416 g/mol. The van der Waals surface area contributed by atoms with E-state index in [1.165, 1.54) is 0 Å². The molecule has 0 aliphatic carbocycles. The second kappa shape index (κ2) is 9.34. The molecule has 0 saturated heterocycles. The van der Waals surface area contributed by atoms with Gasteiger partial charge in [-0.15, -0.1) is 0 Å². The smallest absolute Gasteiger partial charge is 0.257 e. The molecule has 0 radical (unpaired) electrons. The van der Waals surface area contributed by atoms with Gasteiger partial charge in [-0.3, -0.25) is 9.98 Å². The summed E-state index contributed by atoms with van der Waals surface area (Å²) in [6, 6.07) is 9.68. The van der Waals surface area contributed by atoms with E-state index in [-0.39, 0.29) is 5.92 Å². The molecule has 8 nitrogen and oxygen atoms in total. The zero-order valence-electron chi connectivity index (χ0n) is 17.6. The van der Waals surface area contributed by atoms with Gasteiger partial charge in [0.25, 0.3) is 5.88 Å². The molecule has 3 aromatic rings. The van der Waals surface area contributed by atoms with Gasteiger partial charge in [-0.1, -0.05) is 13.0 Å². The van der Waals surface area contributed by atoms with Gasteiger partial charge in [0.05, 0.1) is 17.1 Å². The van der Waals surface area contributed by atoms with E-state index in [4.69, 9.17) is 9.47 Å². The quantitative estimate of drug-likeness (QED) is 0.567. The number of nitrogens with one attached hydrogen (secondary N) is 1. The van der Waals surface area contributed by atoms with Crippen LogP contribution in [0.2, 0.25) is 0 Å². The van der Waals surface area contributed by atoms with Gasteiger partial charge in [0.2, 0.25) is 0 Å². The molecule has 31 heavy (non-hydrogen) atoms. The molecule has 158 valence electrons. The molecule has 0 spiro atoms. The number of anilines is 1. The highest BCUT2D eigenvalue weighted by Gasteiger charge is 2.20. The first-order chi connectivity index (χ1) is 15.2. The van der Waals surface area contributed by atoms with Gasteiger partial charge in [-0.2, -0.15) is 0 Å². The van der Waals surface area contributed by atoms with Crippen molar-refractivity contribution < 1.29 is 9.47 Å². The third-order valence-electron chi connectivity index (χ3n) is 4.97. The minimum Gasteiger partial charge on any atom is -0.484 e. The zero-order chi connectivity index (χ0) is 21.6. The molecule has 1 aliphatic heterocycles. The first-order valence-corrected chi connectivity index (χ1v) is 10.1. The van der Waals surface area contributed by atoms with Gasteiger partial charge in [0.1, 0.15) is 25.4 Å². The van der Waals surface area contributed by atoms with Crippen LogP contribution in [-0.2, 0) is 0 Å². The number of fused-ring (bicyclic) bond motifs is 1. The van der Waals surface area contributed by atoms with E-state index in [9.17, 15) is 0 Å². The first kappa shape index (κ1) is 20.5. The monoisotopic (exact) mass is 416 g/mol. The standard InChI is InChI=1S/C23H24N6O2/c1-4-25-18-6-5-16(11-20(18)24-3)19-12-21(29-14-28-19)27-13-15(2)17-7-8-26-23-22(17)30-9-10-31-23/h4-8,11-12,14-15H,3,9-10,13H2,1-2H3,(H,27,28,29)/t15-/m1/s1. The molecule has 1 aromatic carbocycles. The van der Waals surface area contributed by atoms with Crippen molar-refractivity contribution in [1.29, 1.82) is 0 Å². The van der Waals surface area contributed by atoms with Gasteiger partial charge >= 0.3 is 0 Å². The van der Waals surface area contributed by atoms with Gasteiger partial charge in [-0.25, -0.2) is 15.0 Å². The van der Waals surface area contributed by atoms with E-state index >= 15 is 0 Å². The van der Waals surface area contributed by atoms with E-state index in [1.54, 1.807) is 18.7 Å². The molecule has 0 saturated carbocycles. The van der Waals surface area contributed by atoms with Gasteiger partial charge in [-0.05, 0) is 31.8 Å². The summed E-state index contributed by atoms with van der Waals surface area (Å²) in [5.41, 5.74) is 4.25. The van der Waals surface area contributed by atoms with E-state index in [0.29, 0.717) is 31.3 Å². The maximum atomic E-state index is 5.79. The summed E-state index contributed by atoms with van der Waals surface area (Å²) >= 11 is 0. The Balaban J connectivity index is 1.50. The highest BCUT2D eigenvalue weighted by Crippen LogP contribution is 2.36. The zero-order valence-corrected chi connectivity index (χ0v) is 17.6. The Kier molecular flexibility index (Phi) is 6.16. The lowest BCUT2D eigenvalue weighted by molar-refractivity contribution is 0.162. The number of aliphatic imine (C=N–C) groups is 2. The summed E-state index contributed by atoms with van der Waals surface area (Å²) < 4.78 is 11.4. The number of rotatable bonds is 7. The molecular weight excluding hydrogens is 392 g/mol. The SMILES string of the molecule is C=Nc1cc(-c2cc(NC[C@@H](C)c3ccnc4c3OCCO4)ncn2)ccc1N=CC. The lowest BCUT2D eigenvalue weighted by Gasteiger charge is -2.22. The number of hydrogen-bond donors (Lipinski definition) is 1. The molecule has 2 aromatic heterocycles. The van der Waals surface area contributed by atoms with Crippen LogP contribution in [0, 0.1) is 0 Å². The van der Waals surface area contributed by atoms with Crippen molar-refractivity contribution in [2.45, 2.75) is 19.8 Å². The summed E-state index contributed by atoms with van der Waals surface area (Å²) in [4.78, 5) is 21.4. The minimum absolute atomic E-state index is 0.166. The molecule has 1 aliphatic rings. The molecule has 0 unspecified atom stereocenters. The van der Waals surface area contributed by atoms with E-state index in [0.717, 1.165) is 34.1 Å². The summed E-state index contributed by atoms with van der Waals surface area (Å²) in [5.74, 6) is 2.19. The van der Waals surface area contributed by atoms with Crippen molar-refractivity contribution in [2.75, 3.05) is 25.1 Å². The number of pyridine rings is 1. The number of nitrogens with zero attached hydrogens (tertiary/aromatic N) is 5. The van der Waals surface area contributed by atoms with Crippen molar-refractivity contribution in [2.24, 2.45) is 9.98 Å². The molecule has 0 fully saturated rings. The Morgan fingerprint density at radius 1 is 1.13 bits per heavy atom. The van der Waals surface area contributed by atoms with Crippen LogP contribution in [-0.4, -0.2) is 47.6 Å². The third kappa shape index (κ3) is 4.53. The molecular formula is C23H24N6O2. The fourth-order valence-electron chi connectivity index (χ4n) is 3.40. The Labute approximate surface area is 181 Å². The van der Waals surface area contributed by atoms with Gasteiger partial charge < -0.3 is 14.8 Å². The Bertz CT molecular complexity index is 1110. The molecule has 1 atom stereocenters. The Morgan fingerprint density at radius 3 is 2.84 bits per heavy atom. The molecule has 1 N–H and O–H groups in total. The number of benzene rings is 1. The maximum absolute atomic E-state index is 5.79. The van der Waals surface area contributed by atoms with Gasteiger partial charge in [0.15, 0.2) is 5.75 Å². The van der Waals surface area contributed by atoms with Crippen LogP contribution in [0.3, 0.4) is 0 Å². The summed E-state index contributed by atoms with van der Waals surface area (Å²) in [6.07, 6.45) is 5.03. The molecule has 3 heterocycles. The minimum atomic E-state index is 0.166. The van der Waals surface area contributed by atoms with Crippen molar-refractivity contribution in [3.63, 3.8) is 0 Å². The van der Waals surface area contributed by atoms with Crippen molar-refractivity contribution in [1.82, 2.24) is 15.0 Å². The second-order valence-electron chi connectivity index (χ2n) is 7.05. The highest BCUT2D eigenvalue weighted by atomic mass is 16.6. The predicted octanol–water partition coefficient (Wildman–Crippen LogP) is 4.58. The average Bonchev–Trinajstić information content (AvgIpc) is 2.82. The first-order valence-electron chi connectivity index (χ1n) is 10.1. The third-order valence-corrected chi connectivity index (χ3v) is 4.97. The topological polar surface area (TPSA) is 93.9 Å². The lowest BCUT2D eigenvalue weighted by Crippen LogP contribution is -2.19. The van der Waals surface area contributed by atoms with E-state index in [1.807, 2.05) is 37.3 Å². The fourth-order valence-corrected chi connectivity index (χ4v) is 3.40. The van der Waals surface area contributed by atoms with Crippen LogP contribution in [0.5, 0.6) is 11.6 Å². The second-order valence-corrected chi connectivity index (χ2v) is 7.05. The normalized spacial score (nSPS) is 13.7. The lowest BCUT2D eigenvalue weighted by atomic mass is 10.0. The highest BCUT2D eigenvalue weighted by molar-refractivity contribution is 5.76. The molecule has 0 amide bonds. The largest absolute Gasteiger partial charge is 0.484 e. The number of ether oxygens (including phenoxy) is 2. The van der Waals surface area contributed by atoms with Crippen molar-refractivity contribution in [3.05, 3.63) is 48.4 Å². The Morgan fingerprint density at radius 2 is 2.00 bits per heavy atom. The van der Waals surface area contributed by atoms with Crippen LogP contribution in [0.4, 0.5) is 17.2 Å². The molecule has 8 heteroatoms. The molecule has 4 rings (SSSR count). The fraction of sp³-hybridized carbons (Fsp3) is 0.261. The van der Waals surface area contributed by atoms with Crippen LogP contribution < -0.4 is 14.8 Å². The van der Waals surface area contributed by atoms with Gasteiger partial charge in [0, 0.05) is 42.1 Å². The Hall–Kier alpha value is -3.81. The number of aromatic nitrogens is 3. The number of hydrogen-bond acceptors (Lipinski definition) is 8. The van der Waals surface area contributed by atoms with E-state index in [2.05, 4.69) is 43.9 Å². The molecule has 0 bridgehead atoms. The van der Waals surface area contributed by atoms with Crippen LogP contribution in [0.1, 0.15) is 25.3 Å². The maximum Gasteiger partial charge on any atom is 0.257 e. The van der Waals surface area contributed by atoms with Crippen LogP contribution in [0.25, 0.3) is 11.3 Å². The van der Waals surface area contributed by atoms with Crippen LogP contribution in [0.15, 0.2) is 52.8 Å². The summed E-state index contributed by atoms with van der Waals surface area (Å²) in [5, 5.41) is 3.39. The van der Waals surface area contributed by atoms with Crippen LogP contribution >= 0.6 is 0 Å².